The molecular formula is C62H106N2Pd. The largest absolute Gasteiger partial charge is 2.00 e. The Hall–Kier alpha value is -1.82. The molecule has 3 heteroatoms. The number of hydrogen-bond donors (Lipinski definition) is 0. The molecule has 1 aliphatic heterocycles. The van der Waals surface area contributed by atoms with Crippen LogP contribution >= 0.6 is 0 Å². The number of benzene rings is 2. The zero-order valence-corrected chi connectivity index (χ0v) is 46.5. The molecule has 0 amide bonds. The fraction of sp³-hybridized carbons (Fsp3) is 0.710. The average Bonchev–Trinajstić information content (AvgIpc) is 3.60. The first-order valence-corrected chi connectivity index (χ1v) is 28.1. The van der Waals surface area contributed by atoms with Crippen LogP contribution in [0, 0.1) is 13.8 Å². The van der Waals surface area contributed by atoms with Crippen molar-refractivity contribution in [2.45, 2.75) is 288 Å². The minimum atomic E-state index is 0. The Kier molecular flexibility index (Phi) is 40.0. The molecule has 2 aromatic rings. The standard InChI is InChI=1S/C58H96N2.2C2H5.Pd/c1-9-17-25-30-35-47-43-51(44-48(36-31-26-18-10-2)53(47)39-22-14-6)57-55(41-24-16-8)56(42-34-29-21-13-5)58(60(57)59)52-45-49(37-32-27-19-11-3)54(40-23-15-7)50(46-52)38-33-28-20-12-4;2*1-2;/h43-46H,9-42H2,1-8H3;2*1H2,2H3;/q;2*-1;+2. The second-order valence-electron chi connectivity index (χ2n) is 18.9. The van der Waals surface area contributed by atoms with E-state index in [0.717, 1.165) is 62.8 Å². The molecular weight excluding hydrogens is 879 g/mol. The summed E-state index contributed by atoms with van der Waals surface area (Å²) in [5.41, 5.74) is 30.3. The van der Waals surface area contributed by atoms with E-state index in [1.807, 2.05) is 0 Å². The Morgan fingerprint density at radius 3 is 0.815 bits per heavy atom. The molecule has 0 bridgehead atoms. The maximum atomic E-state index is 13.1. The van der Waals surface area contributed by atoms with Crippen LogP contribution in [0.25, 0.3) is 16.9 Å². The Morgan fingerprint density at radius 1 is 0.323 bits per heavy atom. The van der Waals surface area contributed by atoms with Crippen molar-refractivity contribution in [2.24, 2.45) is 0 Å². The summed E-state index contributed by atoms with van der Waals surface area (Å²) in [5, 5.41) is 0. The first kappa shape index (κ1) is 63.2. The van der Waals surface area contributed by atoms with Gasteiger partial charge in [0.1, 0.15) is 0 Å². The summed E-state index contributed by atoms with van der Waals surface area (Å²) in [6.45, 7) is 28.7. The van der Waals surface area contributed by atoms with Gasteiger partial charge >= 0.3 is 20.4 Å². The fourth-order valence-electron chi connectivity index (χ4n) is 9.95. The first-order chi connectivity index (χ1) is 31.4. The molecule has 65 heavy (non-hydrogen) atoms. The van der Waals surface area contributed by atoms with Crippen LogP contribution in [0.5, 0.6) is 0 Å². The van der Waals surface area contributed by atoms with E-state index in [-0.39, 0.29) is 20.4 Å². The monoisotopic (exact) mass is 985 g/mol. The maximum Gasteiger partial charge on any atom is 2.00 e. The van der Waals surface area contributed by atoms with Crippen molar-refractivity contribution >= 4 is 11.4 Å². The minimum Gasteiger partial charge on any atom is -0.493 e. The number of unbranched alkanes of at least 4 members (excludes halogenated alkanes) is 18. The van der Waals surface area contributed by atoms with Crippen LogP contribution in [0.2, 0.25) is 0 Å². The summed E-state index contributed by atoms with van der Waals surface area (Å²) in [5.74, 6) is 0. The molecule has 0 atom stereocenters. The van der Waals surface area contributed by atoms with Crippen molar-refractivity contribution in [1.29, 1.82) is 0 Å². The third kappa shape index (κ3) is 22.4. The van der Waals surface area contributed by atoms with E-state index in [1.165, 1.54) is 189 Å². The van der Waals surface area contributed by atoms with Crippen LogP contribution in [0.1, 0.15) is 294 Å². The molecule has 0 saturated carbocycles. The van der Waals surface area contributed by atoms with Gasteiger partial charge in [-0.3, -0.25) is 0 Å². The van der Waals surface area contributed by atoms with Gasteiger partial charge in [0, 0.05) is 22.3 Å². The predicted molar refractivity (Wildman–Crippen MR) is 289 cm³/mol. The topological polar surface area (TPSA) is 25.3 Å². The van der Waals surface area contributed by atoms with Crippen LogP contribution in [0.4, 0.5) is 0 Å². The Bertz CT molecular complexity index is 1510. The molecule has 0 N–H and O–H groups in total. The van der Waals surface area contributed by atoms with E-state index < -0.39 is 0 Å². The van der Waals surface area contributed by atoms with Gasteiger partial charge < -0.3 is 19.4 Å². The summed E-state index contributed by atoms with van der Waals surface area (Å²) in [6.07, 6.45) is 42.0. The molecule has 2 nitrogen and oxygen atoms in total. The average molecular weight is 986 g/mol. The van der Waals surface area contributed by atoms with E-state index >= 15 is 0 Å². The molecule has 374 valence electrons. The summed E-state index contributed by atoms with van der Waals surface area (Å²) in [6, 6.07) is 10.3. The number of aryl methyl sites for hydroxylation is 4. The molecule has 0 aromatic heterocycles. The fourth-order valence-corrected chi connectivity index (χ4v) is 9.95. The summed E-state index contributed by atoms with van der Waals surface area (Å²) in [4.78, 5) is 0. The molecule has 0 fully saturated rings. The SMILES string of the molecule is CCCCCCC1=C(c2cc(CCCCCC)c(CCCC)c(CCCCCC)c2)[N+](=[N-])C(c2cc(CCCCCC)c(CCCC)c(CCCCCC)c2)=C1CCCC.[CH2-]C.[CH2-]C.[Pd+2]. The van der Waals surface area contributed by atoms with E-state index in [0.29, 0.717) is 0 Å². The van der Waals surface area contributed by atoms with Crippen LogP contribution in [-0.4, -0.2) is 4.70 Å². The van der Waals surface area contributed by atoms with Gasteiger partial charge in [-0.25, -0.2) is 4.70 Å². The molecule has 0 saturated heterocycles. The maximum absolute atomic E-state index is 13.1. The van der Waals surface area contributed by atoms with Crippen LogP contribution in [-0.2, 0) is 58.9 Å². The van der Waals surface area contributed by atoms with E-state index in [4.69, 9.17) is 0 Å². The van der Waals surface area contributed by atoms with Crippen molar-refractivity contribution in [1.82, 2.24) is 0 Å². The van der Waals surface area contributed by atoms with Crippen molar-refractivity contribution < 1.29 is 25.1 Å². The third-order valence-electron chi connectivity index (χ3n) is 13.6. The van der Waals surface area contributed by atoms with Crippen LogP contribution in [0.15, 0.2) is 35.4 Å². The zero-order chi connectivity index (χ0) is 47.4. The Morgan fingerprint density at radius 2 is 0.554 bits per heavy atom. The summed E-state index contributed by atoms with van der Waals surface area (Å²) in [7, 11) is 0. The van der Waals surface area contributed by atoms with Gasteiger partial charge in [-0.2, -0.15) is 13.8 Å². The molecule has 0 radical (unpaired) electrons. The van der Waals surface area contributed by atoms with Gasteiger partial charge in [-0.05, 0) is 160 Å². The molecule has 2 aromatic carbocycles. The number of hydrogen-bond acceptors (Lipinski definition) is 0. The van der Waals surface area contributed by atoms with Crippen LogP contribution in [0.3, 0.4) is 0 Å². The second kappa shape index (κ2) is 41.2. The van der Waals surface area contributed by atoms with Crippen molar-refractivity contribution in [3.8, 4) is 0 Å². The quantitative estimate of drug-likeness (QED) is 0.0281. The normalized spacial score (nSPS) is 12.3. The van der Waals surface area contributed by atoms with Crippen molar-refractivity contribution in [3.05, 3.63) is 99.3 Å². The zero-order valence-electron chi connectivity index (χ0n) is 45.0. The van der Waals surface area contributed by atoms with E-state index in [2.05, 4.69) is 93.5 Å². The van der Waals surface area contributed by atoms with Gasteiger partial charge in [-0.1, -0.05) is 171 Å². The molecule has 1 heterocycles. The summed E-state index contributed by atoms with van der Waals surface area (Å²) >= 11 is 0. The summed E-state index contributed by atoms with van der Waals surface area (Å²) < 4.78 is 1.76. The molecule has 3 rings (SSSR count). The van der Waals surface area contributed by atoms with Gasteiger partial charge in [0.25, 0.3) is 0 Å². The molecule has 0 unspecified atom stereocenters. The second-order valence-corrected chi connectivity index (χ2v) is 18.9. The first-order valence-electron chi connectivity index (χ1n) is 28.1. The Balaban J connectivity index is 0.00000796. The number of rotatable bonds is 36. The number of allylic oxidation sites excluding steroid dienone is 2. The van der Waals surface area contributed by atoms with Gasteiger partial charge in [0.2, 0.25) is 11.4 Å². The van der Waals surface area contributed by atoms with E-state index in [1.54, 1.807) is 51.9 Å². The van der Waals surface area contributed by atoms with Gasteiger partial charge in [0.05, 0.1) is 0 Å². The van der Waals surface area contributed by atoms with Crippen molar-refractivity contribution in [3.63, 3.8) is 0 Å². The number of nitrogens with zero attached hydrogens (tertiary/aromatic N) is 2. The van der Waals surface area contributed by atoms with Crippen LogP contribution < -0.4 is 0 Å². The predicted octanol–water partition coefficient (Wildman–Crippen LogP) is 20.9. The minimum absolute atomic E-state index is 0. The molecule has 0 aliphatic carbocycles. The smallest absolute Gasteiger partial charge is 0.493 e. The molecule has 1 aliphatic rings. The molecule has 0 spiro atoms. The third-order valence-corrected chi connectivity index (χ3v) is 13.6. The van der Waals surface area contributed by atoms with E-state index in [9.17, 15) is 5.53 Å². The van der Waals surface area contributed by atoms with Gasteiger partial charge in [-0.15, -0.1) is 0 Å². The van der Waals surface area contributed by atoms with Gasteiger partial charge in [0.15, 0.2) is 0 Å². The van der Waals surface area contributed by atoms with Crippen molar-refractivity contribution in [2.75, 3.05) is 0 Å². The Labute approximate surface area is 421 Å².